The SMILES string of the molecule is CCc1cccc(NS(=O)(=O)c2cccc(Cl)c2O)c1. The first kappa shape index (κ1) is 14.7. The van der Waals surface area contributed by atoms with Gasteiger partial charge in [-0.05, 0) is 36.2 Å². The summed E-state index contributed by atoms with van der Waals surface area (Å²) < 4.78 is 26.9. The molecular formula is C14H14ClNO3S. The number of hydrogen-bond acceptors (Lipinski definition) is 3. The fraction of sp³-hybridized carbons (Fsp3) is 0.143. The van der Waals surface area contributed by atoms with E-state index in [2.05, 4.69) is 4.72 Å². The minimum Gasteiger partial charge on any atom is -0.505 e. The number of para-hydroxylation sites is 1. The summed E-state index contributed by atoms with van der Waals surface area (Å²) in [5.74, 6) is -0.451. The highest BCUT2D eigenvalue weighted by Crippen LogP contribution is 2.31. The second-order valence-electron chi connectivity index (χ2n) is 4.25. The molecule has 20 heavy (non-hydrogen) atoms. The first-order valence-electron chi connectivity index (χ1n) is 6.03. The van der Waals surface area contributed by atoms with Gasteiger partial charge in [0.05, 0.1) is 5.02 Å². The Labute approximate surface area is 123 Å². The van der Waals surface area contributed by atoms with Gasteiger partial charge in [0.1, 0.15) is 4.90 Å². The van der Waals surface area contributed by atoms with Gasteiger partial charge in [-0.3, -0.25) is 4.72 Å². The number of benzene rings is 2. The van der Waals surface area contributed by atoms with Gasteiger partial charge in [-0.2, -0.15) is 0 Å². The van der Waals surface area contributed by atoms with E-state index in [9.17, 15) is 13.5 Å². The molecule has 0 radical (unpaired) electrons. The topological polar surface area (TPSA) is 66.4 Å². The van der Waals surface area contributed by atoms with Gasteiger partial charge >= 0.3 is 0 Å². The summed E-state index contributed by atoms with van der Waals surface area (Å²) in [5, 5.41) is 9.76. The van der Waals surface area contributed by atoms with Gasteiger partial charge in [-0.15, -0.1) is 0 Å². The van der Waals surface area contributed by atoms with Crippen LogP contribution < -0.4 is 4.72 Å². The molecule has 0 saturated heterocycles. The number of anilines is 1. The van der Waals surface area contributed by atoms with Gasteiger partial charge in [0.15, 0.2) is 5.75 Å². The Bertz CT molecular complexity index is 729. The summed E-state index contributed by atoms with van der Waals surface area (Å²) in [6.45, 7) is 1.98. The van der Waals surface area contributed by atoms with Crippen LogP contribution in [0.2, 0.25) is 5.02 Å². The maximum atomic E-state index is 12.2. The largest absolute Gasteiger partial charge is 0.505 e. The lowest BCUT2D eigenvalue weighted by Gasteiger charge is -2.11. The van der Waals surface area contributed by atoms with Crippen LogP contribution in [-0.4, -0.2) is 13.5 Å². The number of aromatic hydroxyl groups is 1. The Morgan fingerprint density at radius 3 is 2.60 bits per heavy atom. The summed E-state index contributed by atoms with van der Waals surface area (Å²) in [5.41, 5.74) is 1.46. The van der Waals surface area contributed by atoms with Crippen LogP contribution in [-0.2, 0) is 16.4 Å². The fourth-order valence-electron chi connectivity index (χ4n) is 1.78. The van der Waals surface area contributed by atoms with Crippen molar-refractivity contribution in [1.29, 1.82) is 0 Å². The van der Waals surface area contributed by atoms with Gasteiger partial charge in [0, 0.05) is 5.69 Å². The number of nitrogens with one attached hydrogen (secondary N) is 1. The molecule has 0 saturated carbocycles. The molecule has 106 valence electrons. The van der Waals surface area contributed by atoms with Gasteiger partial charge in [-0.1, -0.05) is 36.7 Å². The maximum absolute atomic E-state index is 12.2. The Kier molecular flexibility index (Phi) is 4.20. The van der Waals surface area contributed by atoms with Crippen molar-refractivity contribution in [2.75, 3.05) is 4.72 Å². The fourth-order valence-corrected chi connectivity index (χ4v) is 3.18. The molecule has 2 N–H and O–H groups in total. The predicted octanol–water partition coefficient (Wildman–Crippen LogP) is 3.41. The molecule has 0 heterocycles. The van der Waals surface area contributed by atoms with E-state index in [1.165, 1.54) is 18.2 Å². The van der Waals surface area contributed by atoms with Gasteiger partial charge in [0.2, 0.25) is 0 Å². The van der Waals surface area contributed by atoms with Crippen molar-refractivity contribution in [3.8, 4) is 5.75 Å². The number of phenolic OH excluding ortho intramolecular Hbond substituents is 1. The average Bonchev–Trinajstić information content (AvgIpc) is 2.41. The third-order valence-corrected chi connectivity index (χ3v) is 4.54. The van der Waals surface area contributed by atoms with E-state index >= 15 is 0 Å². The van der Waals surface area contributed by atoms with Crippen molar-refractivity contribution in [3.63, 3.8) is 0 Å². The first-order chi connectivity index (χ1) is 9.44. The molecule has 6 heteroatoms. The summed E-state index contributed by atoms with van der Waals surface area (Å²) in [7, 11) is -3.88. The van der Waals surface area contributed by atoms with Crippen molar-refractivity contribution in [2.45, 2.75) is 18.2 Å². The highest BCUT2D eigenvalue weighted by Gasteiger charge is 2.20. The molecule has 0 aromatic heterocycles. The number of phenols is 1. The Morgan fingerprint density at radius 1 is 1.20 bits per heavy atom. The van der Waals surface area contributed by atoms with Crippen molar-refractivity contribution < 1.29 is 13.5 Å². The molecule has 0 bridgehead atoms. The molecule has 0 atom stereocenters. The predicted molar refractivity (Wildman–Crippen MR) is 79.7 cm³/mol. The van der Waals surface area contributed by atoms with Gasteiger partial charge in [-0.25, -0.2) is 8.42 Å². The molecule has 0 aliphatic heterocycles. The highest BCUT2D eigenvalue weighted by molar-refractivity contribution is 7.92. The third kappa shape index (κ3) is 3.05. The van der Waals surface area contributed by atoms with E-state index in [4.69, 9.17) is 11.6 Å². The normalized spacial score (nSPS) is 11.3. The summed E-state index contributed by atoms with van der Waals surface area (Å²) >= 11 is 5.73. The minimum atomic E-state index is -3.88. The smallest absolute Gasteiger partial charge is 0.265 e. The molecule has 0 aliphatic rings. The number of rotatable bonds is 4. The Hall–Kier alpha value is -1.72. The average molecular weight is 312 g/mol. The summed E-state index contributed by atoms with van der Waals surface area (Å²) in [4.78, 5) is -0.244. The van der Waals surface area contributed by atoms with Crippen molar-refractivity contribution in [3.05, 3.63) is 53.1 Å². The molecule has 0 fully saturated rings. The molecule has 0 aliphatic carbocycles. The molecule has 4 nitrogen and oxygen atoms in total. The monoisotopic (exact) mass is 311 g/mol. The van der Waals surface area contributed by atoms with Crippen LogP contribution in [0.5, 0.6) is 5.75 Å². The lowest BCUT2D eigenvalue weighted by atomic mass is 10.1. The minimum absolute atomic E-state index is 0.00446. The standard InChI is InChI=1S/C14H14ClNO3S/c1-2-10-5-3-6-11(9-10)16-20(18,19)13-8-4-7-12(15)14(13)17/h3-9,16-17H,2H2,1H3. The molecule has 0 spiro atoms. The lowest BCUT2D eigenvalue weighted by Crippen LogP contribution is -2.13. The zero-order chi connectivity index (χ0) is 14.8. The van der Waals surface area contributed by atoms with E-state index < -0.39 is 15.8 Å². The quantitative estimate of drug-likeness (QED) is 0.909. The van der Waals surface area contributed by atoms with Gasteiger partial charge in [0.25, 0.3) is 10.0 Å². The number of sulfonamides is 1. The molecule has 0 amide bonds. The molecule has 0 unspecified atom stereocenters. The summed E-state index contributed by atoms with van der Waals surface area (Å²) in [6.07, 6.45) is 0.804. The van der Waals surface area contributed by atoms with E-state index in [0.717, 1.165) is 12.0 Å². The summed E-state index contributed by atoms with van der Waals surface area (Å²) in [6, 6.07) is 11.3. The maximum Gasteiger partial charge on any atom is 0.265 e. The Balaban J connectivity index is 2.38. The lowest BCUT2D eigenvalue weighted by molar-refractivity contribution is 0.459. The van der Waals surface area contributed by atoms with Crippen molar-refractivity contribution in [1.82, 2.24) is 0 Å². The second-order valence-corrected chi connectivity index (χ2v) is 6.30. The van der Waals surface area contributed by atoms with Crippen LogP contribution in [0.3, 0.4) is 0 Å². The Morgan fingerprint density at radius 2 is 1.90 bits per heavy atom. The van der Waals surface area contributed by atoms with E-state index in [-0.39, 0.29) is 9.92 Å². The van der Waals surface area contributed by atoms with E-state index in [0.29, 0.717) is 5.69 Å². The van der Waals surface area contributed by atoms with E-state index in [1.807, 2.05) is 13.0 Å². The van der Waals surface area contributed by atoms with E-state index in [1.54, 1.807) is 18.2 Å². The van der Waals surface area contributed by atoms with Crippen LogP contribution in [0.4, 0.5) is 5.69 Å². The molecule has 2 aromatic rings. The van der Waals surface area contributed by atoms with Crippen LogP contribution in [0, 0.1) is 0 Å². The zero-order valence-electron chi connectivity index (χ0n) is 10.8. The zero-order valence-corrected chi connectivity index (χ0v) is 12.4. The third-order valence-electron chi connectivity index (χ3n) is 2.83. The molecular weight excluding hydrogens is 298 g/mol. The van der Waals surface area contributed by atoms with Crippen LogP contribution in [0.1, 0.15) is 12.5 Å². The molecule has 2 aromatic carbocycles. The van der Waals surface area contributed by atoms with Gasteiger partial charge < -0.3 is 5.11 Å². The first-order valence-corrected chi connectivity index (χ1v) is 7.89. The number of aryl methyl sites for hydroxylation is 1. The van der Waals surface area contributed by atoms with Crippen LogP contribution in [0.25, 0.3) is 0 Å². The number of hydrogen-bond donors (Lipinski definition) is 2. The van der Waals surface area contributed by atoms with Crippen molar-refractivity contribution in [2.24, 2.45) is 0 Å². The van der Waals surface area contributed by atoms with Crippen LogP contribution >= 0.6 is 11.6 Å². The van der Waals surface area contributed by atoms with Crippen LogP contribution in [0.15, 0.2) is 47.4 Å². The van der Waals surface area contributed by atoms with Crippen molar-refractivity contribution >= 4 is 27.3 Å². The highest BCUT2D eigenvalue weighted by atomic mass is 35.5. The number of halogens is 1. The second kappa shape index (κ2) is 5.73. The molecule has 2 rings (SSSR count).